The molecule has 0 unspecified atom stereocenters. The second kappa shape index (κ2) is 7.61. The van der Waals surface area contributed by atoms with Gasteiger partial charge in [-0.25, -0.2) is 0 Å². The molecule has 0 N–H and O–H groups in total. The first kappa shape index (κ1) is 15.3. The van der Waals surface area contributed by atoms with Crippen molar-refractivity contribution >= 4 is 5.91 Å². The number of ether oxygens (including phenoxy) is 2. The van der Waals surface area contributed by atoms with Gasteiger partial charge in [-0.1, -0.05) is 6.07 Å². The molecular formula is C15H19FN2O3. The van der Waals surface area contributed by atoms with Crippen molar-refractivity contribution in [2.24, 2.45) is 0 Å². The van der Waals surface area contributed by atoms with E-state index in [1.165, 1.54) is 18.4 Å². The summed E-state index contributed by atoms with van der Waals surface area (Å²) in [6, 6.07) is 4.47. The second-order valence-corrected chi connectivity index (χ2v) is 4.70. The van der Waals surface area contributed by atoms with Gasteiger partial charge in [0.25, 0.3) is 0 Å². The first-order valence-corrected chi connectivity index (χ1v) is 7.05. The molecule has 1 saturated heterocycles. The van der Waals surface area contributed by atoms with E-state index in [0.29, 0.717) is 32.5 Å². The minimum Gasteiger partial charge on any atom is -0.501 e. The minimum atomic E-state index is -0.554. The van der Waals surface area contributed by atoms with Crippen LogP contribution in [0.15, 0.2) is 30.5 Å². The van der Waals surface area contributed by atoms with E-state index < -0.39 is 5.95 Å². The van der Waals surface area contributed by atoms with Gasteiger partial charge in [-0.2, -0.15) is 9.37 Å². The fourth-order valence-corrected chi connectivity index (χ4v) is 2.13. The molecule has 1 amide bonds. The lowest BCUT2D eigenvalue weighted by atomic mass is 10.1. The molecule has 1 aromatic heterocycles. The number of piperidine rings is 1. The number of carbonyl (C=O) groups excluding carboxylic acids is 1. The van der Waals surface area contributed by atoms with Crippen molar-refractivity contribution < 1.29 is 18.7 Å². The van der Waals surface area contributed by atoms with Crippen molar-refractivity contribution in [3.8, 4) is 5.88 Å². The van der Waals surface area contributed by atoms with Gasteiger partial charge in [0.15, 0.2) is 0 Å². The van der Waals surface area contributed by atoms with E-state index in [4.69, 9.17) is 9.47 Å². The number of hydrogen-bond acceptors (Lipinski definition) is 4. The van der Waals surface area contributed by atoms with Crippen LogP contribution in [-0.2, 0) is 9.53 Å². The lowest BCUT2D eigenvalue weighted by Crippen LogP contribution is -2.41. The Morgan fingerprint density at radius 3 is 2.90 bits per heavy atom. The molecule has 1 aromatic rings. The molecule has 21 heavy (non-hydrogen) atoms. The van der Waals surface area contributed by atoms with Crippen LogP contribution >= 0.6 is 0 Å². The molecule has 0 radical (unpaired) electrons. The molecule has 2 heterocycles. The maximum Gasteiger partial charge on any atom is 0.249 e. The van der Waals surface area contributed by atoms with Crippen molar-refractivity contribution in [2.45, 2.75) is 25.9 Å². The van der Waals surface area contributed by atoms with Crippen LogP contribution in [0.5, 0.6) is 5.88 Å². The SMILES string of the molecule is CCO/C=C/C(=O)N1CCC(Oc2cccc(F)n2)CC1. The molecule has 0 spiro atoms. The van der Waals surface area contributed by atoms with Gasteiger partial charge in [-0.15, -0.1) is 0 Å². The van der Waals surface area contributed by atoms with E-state index in [1.54, 1.807) is 17.0 Å². The predicted molar refractivity (Wildman–Crippen MR) is 75.2 cm³/mol. The summed E-state index contributed by atoms with van der Waals surface area (Å²) in [5.41, 5.74) is 0. The summed E-state index contributed by atoms with van der Waals surface area (Å²) >= 11 is 0. The highest BCUT2D eigenvalue weighted by Crippen LogP contribution is 2.17. The van der Waals surface area contributed by atoms with Gasteiger partial charge >= 0.3 is 0 Å². The van der Waals surface area contributed by atoms with Crippen LogP contribution in [-0.4, -0.2) is 41.6 Å². The van der Waals surface area contributed by atoms with Crippen molar-refractivity contribution in [1.82, 2.24) is 9.88 Å². The molecule has 0 bridgehead atoms. The highest BCUT2D eigenvalue weighted by molar-refractivity contribution is 5.87. The first-order valence-electron chi connectivity index (χ1n) is 7.05. The van der Waals surface area contributed by atoms with Crippen LogP contribution in [0.25, 0.3) is 0 Å². The smallest absolute Gasteiger partial charge is 0.249 e. The second-order valence-electron chi connectivity index (χ2n) is 4.70. The van der Waals surface area contributed by atoms with Crippen LogP contribution in [0.3, 0.4) is 0 Å². The van der Waals surface area contributed by atoms with Crippen molar-refractivity contribution in [1.29, 1.82) is 0 Å². The predicted octanol–water partition coefficient (Wildman–Crippen LogP) is 2.14. The van der Waals surface area contributed by atoms with E-state index >= 15 is 0 Å². The molecule has 1 aliphatic heterocycles. The number of pyridine rings is 1. The molecule has 2 rings (SSSR count). The Hall–Kier alpha value is -2.11. The average molecular weight is 294 g/mol. The molecule has 5 nitrogen and oxygen atoms in total. The molecule has 0 saturated carbocycles. The quantitative estimate of drug-likeness (QED) is 0.474. The normalized spacial score (nSPS) is 16.2. The summed E-state index contributed by atoms with van der Waals surface area (Å²) in [5, 5.41) is 0. The fourth-order valence-electron chi connectivity index (χ4n) is 2.13. The summed E-state index contributed by atoms with van der Waals surface area (Å²) in [6.45, 7) is 3.61. The number of rotatable bonds is 5. The highest BCUT2D eigenvalue weighted by atomic mass is 19.1. The van der Waals surface area contributed by atoms with Gasteiger partial charge in [0.2, 0.25) is 17.7 Å². The molecule has 0 atom stereocenters. The number of nitrogens with zero attached hydrogens (tertiary/aromatic N) is 2. The van der Waals surface area contributed by atoms with Gasteiger partial charge in [0.1, 0.15) is 6.10 Å². The van der Waals surface area contributed by atoms with Gasteiger partial charge in [-0.05, 0) is 13.0 Å². The summed E-state index contributed by atoms with van der Waals surface area (Å²) in [6.07, 6.45) is 4.21. The third kappa shape index (κ3) is 4.73. The van der Waals surface area contributed by atoms with Crippen molar-refractivity contribution in [3.05, 3.63) is 36.5 Å². The first-order chi connectivity index (χ1) is 10.2. The summed E-state index contributed by atoms with van der Waals surface area (Å²) in [7, 11) is 0. The Morgan fingerprint density at radius 1 is 1.48 bits per heavy atom. The maximum absolute atomic E-state index is 13.0. The molecule has 1 aliphatic rings. The molecular weight excluding hydrogens is 275 g/mol. The zero-order chi connectivity index (χ0) is 15.1. The minimum absolute atomic E-state index is 0.0424. The maximum atomic E-state index is 13.0. The number of aromatic nitrogens is 1. The van der Waals surface area contributed by atoms with Gasteiger partial charge in [0.05, 0.1) is 12.9 Å². The van der Waals surface area contributed by atoms with E-state index in [1.807, 2.05) is 6.92 Å². The van der Waals surface area contributed by atoms with Crippen LogP contribution in [0, 0.1) is 5.95 Å². The van der Waals surface area contributed by atoms with E-state index in [9.17, 15) is 9.18 Å². The van der Waals surface area contributed by atoms with E-state index in [0.717, 1.165) is 0 Å². The monoisotopic (exact) mass is 294 g/mol. The molecule has 1 fully saturated rings. The number of hydrogen-bond donors (Lipinski definition) is 0. The van der Waals surface area contributed by atoms with Crippen LogP contribution < -0.4 is 4.74 Å². The molecule has 0 aliphatic carbocycles. The largest absolute Gasteiger partial charge is 0.501 e. The van der Waals surface area contributed by atoms with E-state index in [2.05, 4.69) is 4.98 Å². The Labute approximate surface area is 123 Å². The molecule has 6 heteroatoms. The summed E-state index contributed by atoms with van der Waals surface area (Å²) < 4.78 is 23.6. The standard InChI is InChI=1S/C15H19FN2O3/c1-2-20-11-8-15(19)18-9-6-12(7-10-18)21-14-5-3-4-13(16)17-14/h3-5,8,11-12H,2,6-7,9-10H2,1H3/b11-8+. The highest BCUT2D eigenvalue weighted by Gasteiger charge is 2.23. The summed E-state index contributed by atoms with van der Waals surface area (Å²) in [5.74, 6) is -0.331. The number of halogens is 1. The Morgan fingerprint density at radius 2 is 2.24 bits per heavy atom. The molecule has 0 aromatic carbocycles. The lowest BCUT2D eigenvalue weighted by molar-refractivity contribution is -0.127. The zero-order valence-electron chi connectivity index (χ0n) is 12.0. The average Bonchev–Trinajstić information content (AvgIpc) is 2.48. The van der Waals surface area contributed by atoms with Gasteiger partial charge < -0.3 is 14.4 Å². The van der Waals surface area contributed by atoms with E-state index in [-0.39, 0.29) is 17.9 Å². The third-order valence-corrected chi connectivity index (χ3v) is 3.20. The fraction of sp³-hybridized carbons (Fsp3) is 0.467. The van der Waals surface area contributed by atoms with Gasteiger partial charge in [-0.3, -0.25) is 4.79 Å². The number of amides is 1. The molecule has 114 valence electrons. The van der Waals surface area contributed by atoms with Crippen molar-refractivity contribution in [2.75, 3.05) is 19.7 Å². The summed E-state index contributed by atoms with van der Waals surface area (Å²) in [4.78, 5) is 17.3. The lowest BCUT2D eigenvalue weighted by Gasteiger charge is -2.31. The zero-order valence-corrected chi connectivity index (χ0v) is 12.0. The third-order valence-electron chi connectivity index (χ3n) is 3.20. The van der Waals surface area contributed by atoms with Crippen LogP contribution in [0.2, 0.25) is 0 Å². The Bertz CT molecular complexity index is 499. The van der Waals surface area contributed by atoms with Crippen molar-refractivity contribution in [3.63, 3.8) is 0 Å². The Balaban J connectivity index is 1.79. The Kier molecular flexibility index (Phi) is 5.54. The number of carbonyl (C=O) groups is 1. The van der Waals surface area contributed by atoms with Gasteiger partial charge in [0, 0.05) is 38.1 Å². The number of likely N-dealkylation sites (tertiary alicyclic amines) is 1. The van der Waals surface area contributed by atoms with Crippen LogP contribution in [0.4, 0.5) is 4.39 Å². The topological polar surface area (TPSA) is 51.7 Å². The van der Waals surface area contributed by atoms with Crippen LogP contribution in [0.1, 0.15) is 19.8 Å².